The summed E-state index contributed by atoms with van der Waals surface area (Å²) in [4.78, 5) is 23.6. The maximum absolute atomic E-state index is 12.2. The number of amides is 1. The van der Waals surface area contributed by atoms with Gasteiger partial charge in [0.1, 0.15) is 0 Å². The van der Waals surface area contributed by atoms with Gasteiger partial charge in [0.2, 0.25) is 5.91 Å². The van der Waals surface area contributed by atoms with Crippen molar-refractivity contribution in [3.8, 4) is 0 Å². The second kappa shape index (κ2) is 12.1. The van der Waals surface area contributed by atoms with E-state index in [0.717, 1.165) is 77.7 Å². The molecule has 2 aliphatic heterocycles. The lowest BCUT2D eigenvalue weighted by atomic mass is 10.2. The van der Waals surface area contributed by atoms with Crippen molar-refractivity contribution in [3.63, 3.8) is 0 Å². The Labute approximate surface area is 187 Å². The van der Waals surface area contributed by atoms with Crippen LogP contribution in [0.5, 0.6) is 0 Å². The Bertz CT molecular complexity index is 699. The highest BCUT2D eigenvalue weighted by molar-refractivity contribution is 5.81. The molecular formula is C24H40N6O. The minimum Gasteiger partial charge on any atom is -0.356 e. The van der Waals surface area contributed by atoms with Crippen molar-refractivity contribution < 1.29 is 4.79 Å². The Morgan fingerprint density at radius 2 is 1.81 bits per heavy atom. The first-order valence-corrected chi connectivity index (χ1v) is 11.8. The lowest BCUT2D eigenvalue weighted by molar-refractivity contribution is -0.133. The van der Waals surface area contributed by atoms with E-state index in [1.165, 1.54) is 5.56 Å². The summed E-state index contributed by atoms with van der Waals surface area (Å²) < 4.78 is 0. The topological polar surface area (TPSA) is 63.2 Å². The zero-order valence-electron chi connectivity index (χ0n) is 19.5. The molecule has 7 nitrogen and oxygen atoms in total. The van der Waals surface area contributed by atoms with Gasteiger partial charge in [0.05, 0.1) is 0 Å². The Balaban J connectivity index is 1.28. The third-order valence-corrected chi connectivity index (χ3v) is 6.22. The van der Waals surface area contributed by atoms with Crippen molar-refractivity contribution in [1.29, 1.82) is 0 Å². The number of hydrogen-bond donors (Lipinski definition) is 2. The fraction of sp³-hybridized carbons (Fsp3) is 0.667. The number of piperazine rings is 1. The summed E-state index contributed by atoms with van der Waals surface area (Å²) in [6.45, 7) is 13.2. The average Bonchev–Trinajstić information content (AvgIpc) is 3.25. The fourth-order valence-corrected chi connectivity index (χ4v) is 4.35. The molecule has 172 valence electrons. The van der Waals surface area contributed by atoms with Gasteiger partial charge in [0.25, 0.3) is 0 Å². The van der Waals surface area contributed by atoms with Crippen LogP contribution in [0.25, 0.3) is 0 Å². The van der Waals surface area contributed by atoms with Crippen LogP contribution in [0.3, 0.4) is 0 Å². The van der Waals surface area contributed by atoms with Gasteiger partial charge in [-0.25, -0.2) is 0 Å². The summed E-state index contributed by atoms with van der Waals surface area (Å²) in [5.74, 6) is 1.16. The van der Waals surface area contributed by atoms with Gasteiger partial charge in [-0.05, 0) is 24.9 Å². The van der Waals surface area contributed by atoms with Crippen LogP contribution in [0.4, 0.5) is 0 Å². The van der Waals surface area contributed by atoms with Gasteiger partial charge in [-0.15, -0.1) is 0 Å². The van der Waals surface area contributed by atoms with E-state index in [1.807, 2.05) is 25.8 Å². The molecule has 2 N–H and O–H groups in total. The quantitative estimate of drug-likeness (QED) is 0.374. The van der Waals surface area contributed by atoms with E-state index in [0.29, 0.717) is 0 Å². The number of rotatable bonds is 8. The SMILES string of the molecule is CN=C(NCCCN1CCN(Cc2ccccc2)CC1)NC1CCN(C(=O)C(C)C)C1. The molecule has 1 atom stereocenters. The van der Waals surface area contributed by atoms with E-state index in [2.05, 4.69) is 55.8 Å². The minimum atomic E-state index is 0.0661. The molecule has 0 aliphatic carbocycles. The predicted octanol–water partition coefficient (Wildman–Crippen LogP) is 1.62. The van der Waals surface area contributed by atoms with E-state index in [1.54, 1.807) is 0 Å². The molecule has 3 rings (SSSR count). The number of guanidine groups is 1. The Morgan fingerprint density at radius 3 is 2.48 bits per heavy atom. The second-order valence-electron chi connectivity index (χ2n) is 9.02. The Kier molecular flexibility index (Phi) is 9.15. The van der Waals surface area contributed by atoms with E-state index in [4.69, 9.17) is 0 Å². The largest absolute Gasteiger partial charge is 0.356 e. The lowest BCUT2D eigenvalue weighted by Crippen LogP contribution is -2.47. The standard InChI is InChI=1S/C24H40N6O/c1-20(2)23(31)30-13-10-22(19-30)27-24(25-3)26-11-7-12-28-14-16-29(17-15-28)18-21-8-5-4-6-9-21/h4-6,8-9,20,22H,7,10-19H2,1-3H3,(H2,25,26,27). The molecule has 0 aromatic heterocycles. The molecule has 1 unspecified atom stereocenters. The van der Waals surface area contributed by atoms with Crippen LogP contribution in [0.15, 0.2) is 35.3 Å². The van der Waals surface area contributed by atoms with Crippen LogP contribution in [-0.4, -0.2) is 92.0 Å². The summed E-state index contributed by atoms with van der Waals surface area (Å²) in [7, 11) is 1.81. The number of aliphatic imine (C=N–C) groups is 1. The van der Waals surface area contributed by atoms with Gasteiger partial charge in [-0.1, -0.05) is 44.2 Å². The van der Waals surface area contributed by atoms with E-state index < -0.39 is 0 Å². The van der Waals surface area contributed by atoms with Gasteiger partial charge >= 0.3 is 0 Å². The molecule has 1 amide bonds. The van der Waals surface area contributed by atoms with Crippen LogP contribution in [-0.2, 0) is 11.3 Å². The number of likely N-dealkylation sites (tertiary alicyclic amines) is 1. The highest BCUT2D eigenvalue weighted by Gasteiger charge is 2.27. The Hall–Kier alpha value is -2.12. The van der Waals surface area contributed by atoms with E-state index in [9.17, 15) is 4.79 Å². The van der Waals surface area contributed by atoms with Crippen molar-refractivity contribution in [1.82, 2.24) is 25.3 Å². The van der Waals surface area contributed by atoms with E-state index in [-0.39, 0.29) is 17.9 Å². The summed E-state index contributed by atoms with van der Waals surface area (Å²) in [6, 6.07) is 11.0. The number of nitrogens with one attached hydrogen (secondary N) is 2. The van der Waals surface area contributed by atoms with Crippen molar-refractivity contribution in [2.45, 2.75) is 39.3 Å². The molecular weight excluding hydrogens is 388 g/mol. The van der Waals surface area contributed by atoms with Gasteiger partial charge in [-0.2, -0.15) is 0 Å². The normalized spacial score (nSPS) is 21.0. The first-order chi connectivity index (χ1) is 15.0. The van der Waals surface area contributed by atoms with Crippen LogP contribution in [0, 0.1) is 5.92 Å². The summed E-state index contributed by atoms with van der Waals surface area (Å²) in [6.07, 6.45) is 2.08. The maximum Gasteiger partial charge on any atom is 0.225 e. The molecule has 2 heterocycles. The fourth-order valence-electron chi connectivity index (χ4n) is 4.35. The third-order valence-electron chi connectivity index (χ3n) is 6.22. The summed E-state index contributed by atoms with van der Waals surface area (Å²) in [5.41, 5.74) is 1.40. The molecule has 0 radical (unpaired) electrons. The van der Waals surface area contributed by atoms with Crippen molar-refractivity contribution >= 4 is 11.9 Å². The third kappa shape index (κ3) is 7.51. The van der Waals surface area contributed by atoms with Gasteiger partial charge in [-0.3, -0.25) is 14.7 Å². The first kappa shape index (κ1) is 23.5. The van der Waals surface area contributed by atoms with Crippen LogP contribution in [0.2, 0.25) is 0 Å². The summed E-state index contributed by atoms with van der Waals surface area (Å²) >= 11 is 0. The molecule has 31 heavy (non-hydrogen) atoms. The van der Waals surface area contributed by atoms with Crippen molar-refractivity contribution in [2.24, 2.45) is 10.9 Å². The first-order valence-electron chi connectivity index (χ1n) is 11.8. The highest BCUT2D eigenvalue weighted by atomic mass is 16.2. The number of carbonyl (C=O) groups excluding carboxylic acids is 1. The van der Waals surface area contributed by atoms with Crippen LogP contribution >= 0.6 is 0 Å². The minimum absolute atomic E-state index is 0.0661. The second-order valence-corrected chi connectivity index (χ2v) is 9.02. The van der Waals surface area contributed by atoms with Crippen LogP contribution < -0.4 is 10.6 Å². The molecule has 1 aromatic carbocycles. The molecule has 2 saturated heterocycles. The highest BCUT2D eigenvalue weighted by Crippen LogP contribution is 2.13. The molecule has 7 heteroatoms. The molecule has 2 aliphatic rings. The average molecular weight is 429 g/mol. The molecule has 1 aromatic rings. The van der Waals surface area contributed by atoms with Crippen molar-refractivity contribution in [2.75, 3.05) is 59.4 Å². The molecule has 0 bridgehead atoms. The zero-order chi connectivity index (χ0) is 22.1. The summed E-state index contributed by atoms with van der Waals surface area (Å²) in [5, 5.41) is 6.92. The molecule has 2 fully saturated rings. The predicted molar refractivity (Wildman–Crippen MR) is 127 cm³/mol. The molecule has 0 spiro atoms. The van der Waals surface area contributed by atoms with Gasteiger partial charge in [0, 0.05) is 71.4 Å². The Morgan fingerprint density at radius 1 is 1.10 bits per heavy atom. The number of nitrogens with zero attached hydrogens (tertiary/aromatic N) is 4. The van der Waals surface area contributed by atoms with Crippen LogP contribution in [0.1, 0.15) is 32.3 Å². The lowest BCUT2D eigenvalue weighted by Gasteiger charge is -2.34. The monoisotopic (exact) mass is 428 g/mol. The van der Waals surface area contributed by atoms with Crippen molar-refractivity contribution in [3.05, 3.63) is 35.9 Å². The van der Waals surface area contributed by atoms with Gasteiger partial charge < -0.3 is 20.4 Å². The number of hydrogen-bond acceptors (Lipinski definition) is 4. The number of carbonyl (C=O) groups is 1. The van der Waals surface area contributed by atoms with Gasteiger partial charge in [0.15, 0.2) is 5.96 Å². The maximum atomic E-state index is 12.2. The molecule has 0 saturated carbocycles. The van der Waals surface area contributed by atoms with E-state index >= 15 is 0 Å². The number of benzene rings is 1. The smallest absolute Gasteiger partial charge is 0.225 e. The zero-order valence-corrected chi connectivity index (χ0v) is 19.5.